The first-order valence-corrected chi connectivity index (χ1v) is 10.5. The molecule has 0 aliphatic carbocycles. The second-order valence-electron chi connectivity index (χ2n) is 8.02. The maximum absolute atomic E-state index is 4.77. The highest BCUT2D eigenvalue weighted by molar-refractivity contribution is 5.80. The van der Waals surface area contributed by atoms with Crippen LogP contribution >= 0.6 is 0 Å². The molecule has 7 nitrogen and oxygen atoms in total. The van der Waals surface area contributed by atoms with Crippen LogP contribution in [0.1, 0.15) is 57.9 Å². The Morgan fingerprint density at radius 1 is 1.07 bits per heavy atom. The lowest BCUT2D eigenvalue weighted by atomic mass is 10.1. The zero-order valence-electron chi connectivity index (χ0n) is 19.0. The number of hydrogen-bond acceptors (Lipinski definition) is 4. The summed E-state index contributed by atoms with van der Waals surface area (Å²) < 4.78 is 1.97. The number of aryl methyl sites for hydroxylation is 1. The van der Waals surface area contributed by atoms with Crippen molar-refractivity contribution in [2.75, 3.05) is 13.1 Å². The number of rotatable bonds is 9. The zero-order valence-corrected chi connectivity index (χ0v) is 19.0. The van der Waals surface area contributed by atoms with Gasteiger partial charge in [-0.1, -0.05) is 30.3 Å². The van der Waals surface area contributed by atoms with Gasteiger partial charge in [0.25, 0.3) is 0 Å². The van der Waals surface area contributed by atoms with Crippen molar-refractivity contribution in [2.45, 2.75) is 66.2 Å². The summed E-state index contributed by atoms with van der Waals surface area (Å²) in [5.74, 6) is 2.52. The van der Waals surface area contributed by atoms with E-state index in [0.29, 0.717) is 18.6 Å². The molecule has 0 spiro atoms. The molecule has 7 heteroatoms. The van der Waals surface area contributed by atoms with Crippen LogP contribution in [0.25, 0.3) is 0 Å². The Hall–Kier alpha value is -2.41. The number of nitrogens with zero attached hydrogens (tertiary/aromatic N) is 5. The molecule has 1 unspecified atom stereocenters. The van der Waals surface area contributed by atoms with Gasteiger partial charge in [-0.3, -0.25) is 4.90 Å². The third-order valence-electron chi connectivity index (χ3n) is 5.20. The van der Waals surface area contributed by atoms with Gasteiger partial charge in [0.05, 0.1) is 6.04 Å². The number of guanidine groups is 1. The van der Waals surface area contributed by atoms with E-state index in [1.54, 1.807) is 0 Å². The van der Waals surface area contributed by atoms with Crippen LogP contribution in [0.3, 0.4) is 0 Å². The molecule has 0 saturated heterocycles. The minimum atomic E-state index is 0.148. The second-order valence-corrected chi connectivity index (χ2v) is 8.02. The van der Waals surface area contributed by atoms with Gasteiger partial charge in [-0.05, 0) is 47.1 Å². The Balaban J connectivity index is 2.07. The topological polar surface area (TPSA) is 70.4 Å². The summed E-state index contributed by atoms with van der Waals surface area (Å²) in [5.41, 5.74) is 1.22. The van der Waals surface area contributed by atoms with Crippen LogP contribution in [-0.4, -0.2) is 50.8 Å². The first-order chi connectivity index (χ1) is 13.8. The van der Waals surface area contributed by atoms with Crippen molar-refractivity contribution < 1.29 is 0 Å². The fourth-order valence-corrected chi connectivity index (χ4v) is 3.34. The maximum atomic E-state index is 4.77. The van der Waals surface area contributed by atoms with Gasteiger partial charge in [-0.25, -0.2) is 4.99 Å². The maximum Gasteiger partial charge on any atom is 0.192 e. The van der Waals surface area contributed by atoms with Crippen molar-refractivity contribution in [2.24, 2.45) is 12.0 Å². The van der Waals surface area contributed by atoms with Gasteiger partial charge < -0.3 is 15.2 Å². The molecule has 1 heterocycles. The molecule has 2 rings (SSSR count). The van der Waals surface area contributed by atoms with Crippen molar-refractivity contribution in [1.82, 2.24) is 30.3 Å². The Bertz CT molecular complexity index is 757. The van der Waals surface area contributed by atoms with Crippen LogP contribution in [0.2, 0.25) is 0 Å². The predicted molar refractivity (Wildman–Crippen MR) is 120 cm³/mol. The summed E-state index contributed by atoms with van der Waals surface area (Å²) in [4.78, 5) is 7.24. The molecule has 2 aromatic rings. The quantitative estimate of drug-likeness (QED) is 0.501. The van der Waals surface area contributed by atoms with E-state index in [9.17, 15) is 0 Å². The number of hydrogen-bond donors (Lipinski definition) is 2. The summed E-state index contributed by atoms with van der Waals surface area (Å²) in [5, 5.41) is 15.4. The first-order valence-electron chi connectivity index (χ1n) is 10.5. The van der Waals surface area contributed by atoms with Gasteiger partial charge in [-0.15, -0.1) is 10.2 Å². The Kier molecular flexibility index (Phi) is 8.64. The van der Waals surface area contributed by atoms with E-state index in [1.165, 1.54) is 5.56 Å². The molecule has 1 aromatic heterocycles. The van der Waals surface area contributed by atoms with E-state index in [-0.39, 0.29) is 6.04 Å². The lowest BCUT2D eigenvalue weighted by Crippen LogP contribution is -2.45. The zero-order chi connectivity index (χ0) is 21.4. The number of nitrogens with one attached hydrogen (secondary N) is 2. The highest BCUT2D eigenvalue weighted by Gasteiger charge is 2.14. The van der Waals surface area contributed by atoms with E-state index < -0.39 is 0 Å². The minimum absolute atomic E-state index is 0.148. The van der Waals surface area contributed by atoms with Gasteiger partial charge >= 0.3 is 0 Å². The Labute approximate surface area is 175 Å². The van der Waals surface area contributed by atoms with Gasteiger partial charge in [0.15, 0.2) is 11.8 Å². The van der Waals surface area contributed by atoms with E-state index in [4.69, 9.17) is 4.99 Å². The van der Waals surface area contributed by atoms with Gasteiger partial charge in [0.2, 0.25) is 0 Å². The summed E-state index contributed by atoms with van der Waals surface area (Å²) in [7, 11) is 1.97. The van der Waals surface area contributed by atoms with Crippen molar-refractivity contribution in [3.8, 4) is 0 Å². The molecule has 0 amide bonds. The van der Waals surface area contributed by atoms with Gasteiger partial charge in [-0.2, -0.15) is 0 Å². The first kappa shape index (κ1) is 22.9. The van der Waals surface area contributed by atoms with E-state index >= 15 is 0 Å². The molecule has 0 fully saturated rings. The molecule has 0 bridgehead atoms. The van der Waals surface area contributed by atoms with E-state index in [2.05, 4.69) is 84.6 Å². The average Bonchev–Trinajstić information content (AvgIpc) is 3.01. The van der Waals surface area contributed by atoms with Crippen molar-refractivity contribution in [3.05, 3.63) is 47.5 Å². The second kappa shape index (κ2) is 11.0. The molecule has 1 atom stereocenters. The van der Waals surface area contributed by atoms with Crippen LogP contribution in [0.15, 0.2) is 35.3 Å². The molecule has 0 aliphatic rings. The lowest BCUT2D eigenvalue weighted by molar-refractivity contribution is 0.178. The highest BCUT2D eigenvalue weighted by Crippen LogP contribution is 2.11. The highest BCUT2D eigenvalue weighted by atomic mass is 15.3. The van der Waals surface area contributed by atoms with E-state index in [1.807, 2.05) is 24.6 Å². The molecule has 0 saturated carbocycles. The molecular weight excluding hydrogens is 362 g/mol. The third kappa shape index (κ3) is 6.85. The lowest BCUT2D eigenvalue weighted by Gasteiger charge is -2.30. The largest absolute Gasteiger partial charge is 0.355 e. The molecule has 0 radical (unpaired) electrons. The Morgan fingerprint density at radius 2 is 1.72 bits per heavy atom. The fraction of sp³-hybridized carbons (Fsp3) is 0.591. The summed E-state index contributed by atoms with van der Waals surface area (Å²) in [6, 6.07) is 11.6. The van der Waals surface area contributed by atoms with Crippen LogP contribution in [0.5, 0.6) is 0 Å². The van der Waals surface area contributed by atoms with Crippen molar-refractivity contribution in [3.63, 3.8) is 0 Å². The number of benzene rings is 1. The van der Waals surface area contributed by atoms with Crippen LogP contribution < -0.4 is 10.6 Å². The standard InChI is InChI=1S/C22H37N7/c1-16(2)29(17(3)4)14-13-23-22(24-15-21-27-26-19(6)28(21)7)25-18(5)20-11-9-8-10-12-20/h8-12,16-18H,13-15H2,1-7H3,(H2,23,24,25). The van der Waals surface area contributed by atoms with Crippen LogP contribution in [-0.2, 0) is 13.6 Å². The summed E-state index contributed by atoms with van der Waals surface area (Å²) >= 11 is 0. The minimum Gasteiger partial charge on any atom is -0.355 e. The smallest absolute Gasteiger partial charge is 0.192 e. The SMILES string of the molecule is Cc1nnc(CN=C(NCCN(C(C)C)C(C)C)NC(C)c2ccccc2)n1C. The molecule has 1 aromatic carbocycles. The number of aromatic nitrogens is 3. The van der Waals surface area contributed by atoms with Gasteiger partial charge in [0.1, 0.15) is 12.4 Å². The summed E-state index contributed by atoms with van der Waals surface area (Å²) in [6.45, 7) is 15.3. The molecule has 29 heavy (non-hydrogen) atoms. The molecular formula is C22H37N7. The third-order valence-corrected chi connectivity index (χ3v) is 5.20. The molecule has 160 valence electrons. The Morgan fingerprint density at radius 3 is 2.28 bits per heavy atom. The molecule has 2 N–H and O–H groups in total. The predicted octanol–water partition coefficient (Wildman–Crippen LogP) is 3.04. The molecule has 0 aliphatic heterocycles. The fourth-order valence-electron chi connectivity index (χ4n) is 3.34. The van der Waals surface area contributed by atoms with Crippen LogP contribution in [0, 0.1) is 6.92 Å². The number of aliphatic imine (C=N–C) groups is 1. The average molecular weight is 400 g/mol. The normalized spacial score (nSPS) is 13.4. The van der Waals surface area contributed by atoms with Crippen molar-refractivity contribution in [1.29, 1.82) is 0 Å². The summed E-state index contributed by atoms with van der Waals surface area (Å²) in [6.07, 6.45) is 0. The monoisotopic (exact) mass is 399 g/mol. The van der Waals surface area contributed by atoms with Crippen molar-refractivity contribution >= 4 is 5.96 Å². The van der Waals surface area contributed by atoms with Crippen LogP contribution in [0.4, 0.5) is 0 Å². The van der Waals surface area contributed by atoms with Gasteiger partial charge in [0, 0.05) is 32.2 Å². The van der Waals surface area contributed by atoms with E-state index in [0.717, 1.165) is 30.7 Å².